The minimum absolute atomic E-state index is 0.0763. The molecule has 0 fully saturated rings. The minimum atomic E-state index is -2.90. The largest absolute Gasteiger partial charge is 0.679 e. The Labute approximate surface area is 271 Å². The zero-order valence-electron chi connectivity index (χ0n) is 23.6. The number of methoxy groups -OCH3 is 2. The van der Waals surface area contributed by atoms with Gasteiger partial charge in [-0.3, -0.25) is 8.63 Å². The van der Waals surface area contributed by atoms with E-state index in [2.05, 4.69) is 31.9 Å². The van der Waals surface area contributed by atoms with Gasteiger partial charge in [-0.1, -0.05) is 60.7 Å². The summed E-state index contributed by atoms with van der Waals surface area (Å²) in [4.78, 5) is 9.89. The van der Waals surface area contributed by atoms with Gasteiger partial charge in [-0.15, -0.1) is 0 Å². The first-order valence-corrected chi connectivity index (χ1v) is 15.2. The molecule has 5 aromatic rings. The second kappa shape index (κ2) is 12.8. The van der Waals surface area contributed by atoms with E-state index in [0.717, 1.165) is 21.2 Å². The molecule has 6 rings (SSSR count). The van der Waals surface area contributed by atoms with Gasteiger partial charge in [0.15, 0.2) is 5.84 Å². The Morgan fingerprint density at radius 2 is 1.20 bits per heavy atom. The summed E-state index contributed by atoms with van der Waals surface area (Å²) >= 11 is 7.47. The molecule has 0 spiro atoms. The molecule has 0 saturated carbocycles. The van der Waals surface area contributed by atoms with Crippen LogP contribution in [0.4, 0.5) is 14.4 Å². The molecule has 0 saturated heterocycles. The van der Waals surface area contributed by atoms with Gasteiger partial charge < -0.3 is 14.0 Å². The van der Waals surface area contributed by atoms with Crippen molar-refractivity contribution in [3.8, 4) is 33.9 Å². The number of amidine groups is 1. The third-order valence-corrected chi connectivity index (χ3v) is 8.79. The molecule has 1 aromatic heterocycles. The molecule has 1 aliphatic rings. The summed E-state index contributed by atoms with van der Waals surface area (Å²) in [5.74, 6) is 1.71. The molecular weight excluding hydrogens is 691 g/mol. The van der Waals surface area contributed by atoms with Crippen LogP contribution in [0.25, 0.3) is 28.0 Å². The molecule has 0 atom stereocenters. The standard InChI is InChI=1S/C34H24BBr2F2N3O2/c1-43-25-17-13-23(14-18-25)31-29(36)27(21-9-5-3-6-10-21)33(40-31)41-34-28(22-11-7-4-8-12-22)30(37)32(42(34)35(38)39)24-15-19-26(44-2)20-16-24/h3-20H,1-2H3. The topological polar surface area (TPSA) is 48.1 Å². The molecule has 5 nitrogen and oxygen atoms in total. The fourth-order valence-electron chi connectivity index (χ4n) is 5.13. The van der Waals surface area contributed by atoms with Crippen LogP contribution in [0.1, 0.15) is 11.1 Å². The normalized spacial score (nSPS) is 13.8. The van der Waals surface area contributed by atoms with Crippen LogP contribution in [0.3, 0.4) is 0 Å². The van der Waals surface area contributed by atoms with Crippen LogP contribution in [0.2, 0.25) is 0 Å². The maximum Gasteiger partial charge on any atom is 0.679 e. The fraction of sp³-hybridized carbons (Fsp3) is 0.0588. The summed E-state index contributed by atoms with van der Waals surface area (Å²) in [5.41, 5.74) is 5.13. The highest BCUT2D eigenvalue weighted by Crippen LogP contribution is 2.48. The first kappa shape index (κ1) is 29.8. The molecule has 4 aromatic carbocycles. The Morgan fingerprint density at radius 1 is 0.682 bits per heavy atom. The lowest BCUT2D eigenvalue weighted by Crippen LogP contribution is -2.14. The third kappa shape index (κ3) is 5.55. The van der Waals surface area contributed by atoms with Gasteiger partial charge in [0.25, 0.3) is 0 Å². The van der Waals surface area contributed by atoms with Crippen molar-refractivity contribution in [1.29, 1.82) is 0 Å². The Bertz CT molecular complexity index is 1910. The molecule has 44 heavy (non-hydrogen) atoms. The quantitative estimate of drug-likeness (QED) is 0.150. The molecule has 1 aliphatic heterocycles. The van der Waals surface area contributed by atoms with Crippen molar-refractivity contribution >= 4 is 62.2 Å². The molecule has 0 bridgehead atoms. The van der Waals surface area contributed by atoms with Crippen molar-refractivity contribution in [1.82, 2.24) is 4.48 Å². The fourth-order valence-corrected chi connectivity index (χ4v) is 6.68. The maximum absolute atomic E-state index is 15.2. The number of aliphatic imine (C=N–C) groups is 2. The van der Waals surface area contributed by atoms with E-state index < -0.39 is 7.40 Å². The van der Waals surface area contributed by atoms with E-state index in [1.165, 1.54) is 0 Å². The number of aromatic nitrogens is 1. The van der Waals surface area contributed by atoms with E-state index in [-0.39, 0.29) is 5.82 Å². The van der Waals surface area contributed by atoms with Crippen LogP contribution in [-0.4, -0.2) is 37.6 Å². The number of nitrogens with zero attached hydrogens (tertiary/aromatic N) is 3. The minimum Gasteiger partial charge on any atom is -0.497 e. The van der Waals surface area contributed by atoms with Gasteiger partial charge in [-0.25, -0.2) is 9.98 Å². The number of allylic oxidation sites excluding steroid dienone is 1. The predicted molar refractivity (Wildman–Crippen MR) is 182 cm³/mol. The number of rotatable bonds is 8. The SMILES string of the molecule is COc1ccc(C2=NC(=Nc3c(-c4ccccc4)c(Br)c(-c4ccc(OC)cc4)n3B(F)F)C(c3ccccc3)=C2Br)cc1. The number of hydrogen-bond acceptors (Lipinski definition) is 3. The number of ether oxygens (including phenoxy) is 2. The molecular formula is C34H24BBr2F2N3O2. The highest BCUT2D eigenvalue weighted by atomic mass is 79.9. The van der Waals surface area contributed by atoms with Gasteiger partial charge in [0.1, 0.15) is 17.3 Å². The average Bonchev–Trinajstić information content (AvgIpc) is 3.54. The van der Waals surface area contributed by atoms with Crippen molar-refractivity contribution in [2.24, 2.45) is 9.98 Å². The van der Waals surface area contributed by atoms with Crippen LogP contribution >= 0.6 is 31.9 Å². The van der Waals surface area contributed by atoms with E-state index in [9.17, 15) is 0 Å². The van der Waals surface area contributed by atoms with Crippen LogP contribution < -0.4 is 9.47 Å². The van der Waals surface area contributed by atoms with E-state index in [4.69, 9.17) is 19.5 Å². The molecule has 0 radical (unpaired) electrons. The Kier molecular flexibility index (Phi) is 8.64. The van der Waals surface area contributed by atoms with Crippen LogP contribution in [0.5, 0.6) is 11.5 Å². The summed E-state index contributed by atoms with van der Waals surface area (Å²) in [6, 6.07) is 33.5. The second-order valence-corrected chi connectivity index (χ2v) is 11.4. The first-order chi connectivity index (χ1) is 21.4. The third-order valence-electron chi connectivity index (χ3n) is 7.25. The molecule has 0 unspecified atom stereocenters. The summed E-state index contributed by atoms with van der Waals surface area (Å²) < 4.78 is 43.2. The molecule has 10 heteroatoms. The molecule has 0 N–H and O–H groups in total. The number of benzene rings is 4. The van der Waals surface area contributed by atoms with Gasteiger partial charge in [-0.2, -0.15) is 0 Å². The van der Waals surface area contributed by atoms with Crippen LogP contribution in [0.15, 0.2) is 128 Å². The summed E-state index contributed by atoms with van der Waals surface area (Å²) in [6.45, 7) is 0. The molecule has 0 aliphatic carbocycles. The van der Waals surface area contributed by atoms with Gasteiger partial charge in [0, 0.05) is 16.7 Å². The van der Waals surface area contributed by atoms with Crippen molar-refractivity contribution in [3.05, 3.63) is 129 Å². The molecule has 2 heterocycles. The van der Waals surface area contributed by atoms with Gasteiger partial charge in [0.2, 0.25) is 0 Å². The summed E-state index contributed by atoms with van der Waals surface area (Å²) in [7, 11) is 0.267. The highest BCUT2D eigenvalue weighted by molar-refractivity contribution is 9.12. The lowest BCUT2D eigenvalue weighted by molar-refractivity contribution is 0.414. The Balaban J connectivity index is 1.64. The Morgan fingerprint density at radius 3 is 1.73 bits per heavy atom. The van der Waals surface area contributed by atoms with Gasteiger partial charge in [0.05, 0.1) is 34.6 Å². The van der Waals surface area contributed by atoms with Crippen LogP contribution in [0, 0.1) is 0 Å². The first-order valence-electron chi connectivity index (χ1n) is 13.6. The smallest absolute Gasteiger partial charge is 0.497 e. The van der Waals surface area contributed by atoms with Crippen molar-refractivity contribution in [2.45, 2.75) is 0 Å². The maximum atomic E-state index is 15.2. The monoisotopic (exact) mass is 713 g/mol. The zero-order chi connectivity index (χ0) is 30.8. The highest BCUT2D eigenvalue weighted by Gasteiger charge is 2.34. The molecule has 218 valence electrons. The van der Waals surface area contributed by atoms with Crippen LogP contribution in [-0.2, 0) is 0 Å². The summed E-state index contributed by atoms with van der Waals surface area (Å²) in [6.07, 6.45) is 0. The average molecular weight is 715 g/mol. The van der Waals surface area contributed by atoms with Crippen molar-refractivity contribution < 1.29 is 18.1 Å². The van der Waals surface area contributed by atoms with Crippen molar-refractivity contribution in [2.75, 3.05) is 14.2 Å². The Hall–Kier alpha value is -4.28. The van der Waals surface area contributed by atoms with E-state index in [1.54, 1.807) is 38.5 Å². The predicted octanol–water partition coefficient (Wildman–Crippen LogP) is 9.71. The van der Waals surface area contributed by atoms with Crippen molar-refractivity contribution in [3.63, 3.8) is 0 Å². The zero-order valence-corrected chi connectivity index (χ0v) is 26.8. The van der Waals surface area contributed by atoms with E-state index >= 15 is 8.63 Å². The van der Waals surface area contributed by atoms with E-state index in [1.807, 2.05) is 84.9 Å². The molecule has 0 amide bonds. The van der Waals surface area contributed by atoms with Gasteiger partial charge in [-0.05, 0) is 97.1 Å². The summed E-state index contributed by atoms with van der Waals surface area (Å²) in [5, 5.41) is 0. The van der Waals surface area contributed by atoms with Gasteiger partial charge >= 0.3 is 7.40 Å². The number of halogens is 4. The lowest BCUT2D eigenvalue weighted by atomic mass is 10.0. The second-order valence-electron chi connectivity index (χ2n) is 9.78. The lowest BCUT2D eigenvalue weighted by Gasteiger charge is -2.11. The van der Waals surface area contributed by atoms with E-state index in [0.29, 0.717) is 54.4 Å². The number of hydrogen-bond donors (Lipinski definition) is 0.